The number of rotatable bonds is 3. The van der Waals surface area contributed by atoms with E-state index in [1.807, 2.05) is 51.1 Å². The highest BCUT2D eigenvalue weighted by atomic mass is 16.4. The minimum Gasteiger partial charge on any atom is -0.481 e. The third-order valence-electron chi connectivity index (χ3n) is 3.14. The normalized spacial score (nSPS) is 12.9. The lowest BCUT2D eigenvalue weighted by atomic mass is 9.86. The van der Waals surface area contributed by atoms with Gasteiger partial charge in [-0.25, -0.2) is 0 Å². The van der Waals surface area contributed by atoms with Gasteiger partial charge in [0, 0.05) is 11.1 Å². The van der Waals surface area contributed by atoms with Crippen molar-refractivity contribution >= 4 is 16.9 Å². The van der Waals surface area contributed by atoms with E-state index in [1.54, 1.807) is 0 Å². The Bertz CT molecular complexity index is 590. The summed E-state index contributed by atoms with van der Waals surface area (Å²) < 4.78 is 0. The van der Waals surface area contributed by atoms with Crippen LogP contribution in [0, 0.1) is 12.8 Å². The number of carboxylic acid groups (broad SMARTS) is 1. The number of pyridine rings is 1. The molecule has 0 fully saturated rings. The van der Waals surface area contributed by atoms with Crippen molar-refractivity contribution in [2.45, 2.75) is 26.7 Å². The molecule has 3 heteroatoms. The van der Waals surface area contributed by atoms with Crippen LogP contribution in [-0.4, -0.2) is 16.1 Å². The van der Waals surface area contributed by atoms with Gasteiger partial charge in [-0.2, -0.15) is 0 Å². The molecule has 0 spiro atoms. The molecule has 94 valence electrons. The van der Waals surface area contributed by atoms with E-state index in [4.69, 9.17) is 0 Å². The van der Waals surface area contributed by atoms with E-state index in [2.05, 4.69) is 4.98 Å². The van der Waals surface area contributed by atoms with Gasteiger partial charge in [0.2, 0.25) is 0 Å². The number of carbonyl (C=O) groups is 1. The van der Waals surface area contributed by atoms with Crippen molar-refractivity contribution in [1.82, 2.24) is 4.98 Å². The van der Waals surface area contributed by atoms with Gasteiger partial charge in [-0.15, -0.1) is 0 Å². The van der Waals surface area contributed by atoms with Crippen molar-refractivity contribution in [3.63, 3.8) is 0 Å². The van der Waals surface area contributed by atoms with Gasteiger partial charge in [0.1, 0.15) is 0 Å². The van der Waals surface area contributed by atoms with E-state index in [0.29, 0.717) is 0 Å². The van der Waals surface area contributed by atoms with E-state index in [-0.39, 0.29) is 5.92 Å². The number of hydrogen-bond acceptors (Lipinski definition) is 2. The van der Waals surface area contributed by atoms with Crippen molar-refractivity contribution in [3.05, 3.63) is 41.6 Å². The Kier molecular flexibility index (Phi) is 3.32. The van der Waals surface area contributed by atoms with E-state index in [0.717, 1.165) is 22.2 Å². The summed E-state index contributed by atoms with van der Waals surface area (Å²) in [7, 11) is 0. The molecule has 0 aliphatic carbocycles. The molecule has 1 N–H and O–H groups in total. The van der Waals surface area contributed by atoms with Crippen molar-refractivity contribution in [1.29, 1.82) is 0 Å². The first-order valence-corrected chi connectivity index (χ1v) is 6.10. The zero-order valence-corrected chi connectivity index (χ0v) is 10.8. The van der Waals surface area contributed by atoms with Crippen molar-refractivity contribution in [3.8, 4) is 0 Å². The van der Waals surface area contributed by atoms with Gasteiger partial charge in [-0.3, -0.25) is 9.78 Å². The molecule has 1 heterocycles. The monoisotopic (exact) mass is 243 g/mol. The third kappa shape index (κ3) is 2.21. The third-order valence-corrected chi connectivity index (χ3v) is 3.14. The van der Waals surface area contributed by atoms with E-state index >= 15 is 0 Å². The summed E-state index contributed by atoms with van der Waals surface area (Å²) in [6.45, 7) is 5.77. The maximum Gasteiger partial charge on any atom is 0.311 e. The standard InChI is InChI=1S/C15H17NO2/c1-9(2)14(15(17)18)12-8-10(3)16-13-7-5-4-6-11(12)13/h4-9,14H,1-3H3,(H,17,18). The summed E-state index contributed by atoms with van der Waals surface area (Å²) in [6, 6.07) is 9.59. The molecule has 18 heavy (non-hydrogen) atoms. The molecule has 0 amide bonds. The fourth-order valence-corrected chi connectivity index (χ4v) is 2.37. The Morgan fingerprint density at radius 2 is 1.94 bits per heavy atom. The summed E-state index contributed by atoms with van der Waals surface area (Å²) in [5, 5.41) is 10.4. The molecule has 3 nitrogen and oxygen atoms in total. The van der Waals surface area contributed by atoms with Gasteiger partial charge >= 0.3 is 5.97 Å². The smallest absolute Gasteiger partial charge is 0.311 e. The van der Waals surface area contributed by atoms with Crippen molar-refractivity contribution < 1.29 is 9.90 Å². The minimum atomic E-state index is -0.777. The number of aryl methyl sites for hydroxylation is 1. The van der Waals surface area contributed by atoms with Gasteiger partial charge < -0.3 is 5.11 Å². The Balaban J connectivity index is 2.72. The average molecular weight is 243 g/mol. The molecule has 0 bridgehead atoms. The summed E-state index contributed by atoms with van der Waals surface area (Å²) in [6.07, 6.45) is 0. The molecule has 0 radical (unpaired) electrons. The summed E-state index contributed by atoms with van der Waals surface area (Å²) >= 11 is 0. The number of benzene rings is 1. The first kappa shape index (κ1) is 12.6. The number of para-hydroxylation sites is 1. The molecule has 1 aromatic carbocycles. The highest BCUT2D eigenvalue weighted by Gasteiger charge is 2.25. The van der Waals surface area contributed by atoms with Crippen LogP contribution < -0.4 is 0 Å². The minimum absolute atomic E-state index is 0.0488. The lowest BCUT2D eigenvalue weighted by Crippen LogP contribution is -2.18. The van der Waals surface area contributed by atoms with E-state index in [1.165, 1.54) is 0 Å². The van der Waals surface area contributed by atoms with Crippen LogP contribution in [0.1, 0.15) is 31.0 Å². The van der Waals surface area contributed by atoms with Crippen LogP contribution in [0.5, 0.6) is 0 Å². The van der Waals surface area contributed by atoms with Gasteiger partial charge in [0.05, 0.1) is 11.4 Å². The van der Waals surface area contributed by atoms with Gasteiger partial charge in [0.15, 0.2) is 0 Å². The van der Waals surface area contributed by atoms with Crippen LogP contribution in [0.3, 0.4) is 0 Å². The Labute approximate surface area is 106 Å². The van der Waals surface area contributed by atoms with Crippen LogP contribution in [-0.2, 0) is 4.79 Å². The maximum atomic E-state index is 11.5. The molecule has 2 aromatic rings. The van der Waals surface area contributed by atoms with Gasteiger partial charge in [0.25, 0.3) is 0 Å². The lowest BCUT2D eigenvalue weighted by molar-refractivity contribution is -0.139. The Morgan fingerprint density at radius 1 is 1.28 bits per heavy atom. The second kappa shape index (κ2) is 4.77. The number of aliphatic carboxylic acids is 1. The predicted octanol–water partition coefficient (Wildman–Crippen LogP) is 3.37. The predicted molar refractivity (Wildman–Crippen MR) is 71.7 cm³/mol. The van der Waals surface area contributed by atoms with Crippen LogP contribution in [0.4, 0.5) is 0 Å². The zero-order chi connectivity index (χ0) is 13.3. The molecule has 0 saturated heterocycles. The molecule has 0 aliphatic heterocycles. The fraction of sp³-hybridized carbons (Fsp3) is 0.333. The van der Waals surface area contributed by atoms with Crippen LogP contribution in [0.2, 0.25) is 0 Å². The first-order valence-electron chi connectivity index (χ1n) is 6.10. The number of hydrogen-bond donors (Lipinski definition) is 1. The highest BCUT2D eigenvalue weighted by Crippen LogP contribution is 2.30. The second-order valence-corrected chi connectivity index (χ2v) is 4.93. The molecule has 1 unspecified atom stereocenters. The zero-order valence-electron chi connectivity index (χ0n) is 10.8. The van der Waals surface area contributed by atoms with Crippen LogP contribution >= 0.6 is 0 Å². The molecule has 2 rings (SSSR count). The maximum absolute atomic E-state index is 11.5. The number of fused-ring (bicyclic) bond motifs is 1. The highest BCUT2D eigenvalue weighted by molar-refractivity contribution is 5.88. The Morgan fingerprint density at radius 3 is 2.56 bits per heavy atom. The topological polar surface area (TPSA) is 50.2 Å². The summed E-state index contributed by atoms with van der Waals surface area (Å²) in [4.78, 5) is 15.9. The number of nitrogens with zero attached hydrogens (tertiary/aromatic N) is 1. The summed E-state index contributed by atoms with van der Waals surface area (Å²) in [5.41, 5.74) is 2.58. The van der Waals surface area contributed by atoms with Crippen molar-refractivity contribution in [2.24, 2.45) is 5.92 Å². The number of carboxylic acids is 1. The largest absolute Gasteiger partial charge is 0.481 e. The SMILES string of the molecule is Cc1cc(C(C(=O)O)C(C)C)c2ccccc2n1. The molecule has 0 saturated carbocycles. The van der Waals surface area contributed by atoms with E-state index < -0.39 is 11.9 Å². The quantitative estimate of drug-likeness (QED) is 0.899. The van der Waals surface area contributed by atoms with Crippen molar-refractivity contribution in [2.75, 3.05) is 0 Å². The van der Waals surface area contributed by atoms with Gasteiger partial charge in [-0.05, 0) is 30.5 Å². The molecule has 0 aliphatic rings. The Hall–Kier alpha value is -1.90. The van der Waals surface area contributed by atoms with Crippen LogP contribution in [0.25, 0.3) is 10.9 Å². The molecule has 1 aromatic heterocycles. The fourth-order valence-electron chi connectivity index (χ4n) is 2.37. The van der Waals surface area contributed by atoms with E-state index in [9.17, 15) is 9.90 Å². The van der Waals surface area contributed by atoms with Crippen LogP contribution in [0.15, 0.2) is 30.3 Å². The molecular weight excluding hydrogens is 226 g/mol. The number of aromatic nitrogens is 1. The first-order chi connectivity index (χ1) is 8.50. The second-order valence-electron chi connectivity index (χ2n) is 4.93. The average Bonchev–Trinajstić information content (AvgIpc) is 2.27. The lowest BCUT2D eigenvalue weighted by Gasteiger charge is -2.19. The van der Waals surface area contributed by atoms with Gasteiger partial charge in [-0.1, -0.05) is 32.0 Å². The molecular formula is C15H17NO2. The summed E-state index contributed by atoms with van der Waals surface area (Å²) in [5.74, 6) is -1.22. The molecule has 1 atom stereocenters.